The first-order valence-electron chi connectivity index (χ1n) is 5.65. The van der Waals surface area contributed by atoms with Gasteiger partial charge in [-0.1, -0.05) is 0 Å². The Morgan fingerprint density at radius 2 is 2.05 bits per heavy atom. The highest BCUT2D eigenvalue weighted by Crippen LogP contribution is 2.12. The van der Waals surface area contributed by atoms with Crippen LogP contribution in [0, 0.1) is 5.41 Å². The van der Waals surface area contributed by atoms with Gasteiger partial charge in [-0.15, -0.1) is 11.3 Å². The third kappa shape index (κ3) is 4.04. The Morgan fingerprint density at radius 3 is 2.58 bits per heavy atom. The Balaban J connectivity index is 0.00000180. The van der Waals surface area contributed by atoms with Gasteiger partial charge in [0.05, 0.1) is 13.2 Å². The van der Waals surface area contributed by atoms with Crippen molar-refractivity contribution in [3.8, 4) is 5.75 Å². The predicted octanol–water partition coefficient (Wildman–Crippen LogP) is -0.685. The largest absolute Gasteiger partial charge is 1.00 e. The van der Waals surface area contributed by atoms with Crippen LogP contribution in [0.5, 0.6) is 5.75 Å². The van der Waals surface area contributed by atoms with Crippen LogP contribution in [0.15, 0.2) is 35.8 Å². The van der Waals surface area contributed by atoms with Gasteiger partial charge < -0.3 is 26.3 Å². The molecule has 1 N–H and O–H groups in total. The van der Waals surface area contributed by atoms with Crippen molar-refractivity contribution in [1.82, 2.24) is 4.57 Å². The normalized spacial score (nSPS) is 9.74. The van der Waals surface area contributed by atoms with Crippen molar-refractivity contribution in [2.75, 3.05) is 6.61 Å². The Hall–Kier alpha value is -1.40. The van der Waals surface area contributed by atoms with Gasteiger partial charge in [-0.2, -0.15) is 0 Å². The lowest BCUT2D eigenvalue weighted by atomic mass is 10.1. The minimum absolute atomic E-state index is 0. The number of ketones is 1. The molecule has 0 fully saturated rings. The topological polar surface area (TPSA) is 55.1 Å². The highest BCUT2D eigenvalue weighted by Gasteiger charge is 2.07. The van der Waals surface area contributed by atoms with Gasteiger partial charge in [0.15, 0.2) is 10.6 Å². The molecule has 0 aliphatic carbocycles. The Kier molecular flexibility index (Phi) is 5.98. The van der Waals surface area contributed by atoms with Crippen LogP contribution in [0.1, 0.15) is 17.3 Å². The molecule has 6 heteroatoms. The summed E-state index contributed by atoms with van der Waals surface area (Å²) in [5.74, 6) is 0.758. The molecule has 0 saturated heterocycles. The van der Waals surface area contributed by atoms with Gasteiger partial charge in [-0.05, 0) is 31.2 Å². The van der Waals surface area contributed by atoms with Crippen molar-refractivity contribution in [3.05, 3.63) is 46.2 Å². The highest BCUT2D eigenvalue weighted by atomic mass is 79.9. The summed E-state index contributed by atoms with van der Waals surface area (Å²) in [6.45, 7) is 2.73. The van der Waals surface area contributed by atoms with Gasteiger partial charge in [0, 0.05) is 17.1 Å². The second kappa shape index (κ2) is 7.25. The Bertz CT molecular complexity index is 589. The summed E-state index contributed by atoms with van der Waals surface area (Å²) in [5.41, 5.74) is 0.636. The highest BCUT2D eigenvalue weighted by molar-refractivity contribution is 7.06. The van der Waals surface area contributed by atoms with Crippen molar-refractivity contribution in [3.63, 3.8) is 0 Å². The molecule has 0 aliphatic rings. The van der Waals surface area contributed by atoms with Crippen LogP contribution < -0.4 is 26.5 Å². The lowest BCUT2D eigenvalue weighted by molar-refractivity contribution is -0.0000124. The summed E-state index contributed by atoms with van der Waals surface area (Å²) in [7, 11) is 0. The van der Waals surface area contributed by atoms with E-state index in [1.54, 1.807) is 40.4 Å². The lowest BCUT2D eigenvalue weighted by Crippen LogP contribution is -3.00. The second-order valence-electron chi connectivity index (χ2n) is 3.72. The van der Waals surface area contributed by atoms with Crippen LogP contribution >= 0.6 is 11.3 Å². The first-order valence-corrected chi connectivity index (χ1v) is 6.53. The zero-order valence-electron chi connectivity index (χ0n) is 10.4. The van der Waals surface area contributed by atoms with Gasteiger partial charge in [-0.25, -0.2) is 0 Å². The summed E-state index contributed by atoms with van der Waals surface area (Å²) in [4.78, 5) is 12.4. The number of carbonyl (C=O) groups is 1. The van der Waals surface area contributed by atoms with E-state index in [2.05, 4.69) is 0 Å². The van der Waals surface area contributed by atoms with E-state index in [1.165, 1.54) is 11.3 Å². The molecule has 102 valence electrons. The smallest absolute Gasteiger partial charge is 0.182 e. The number of ether oxygens (including phenoxy) is 1. The molecular formula is C13H14BrN2O2S-. The van der Waals surface area contributed by atoms with Crippen LogP contribution in [0.4, 0.5) is 0 Å². The number of rotatable bonds is 5. The molecule has 0 aliphatic heterocycles. The van der Waals surface area contributed by atoms with Crippen LogP contribution in [0.25, 0.3) is 0 Å². The second-order valence-corrected chi connectivity index (χ2v) is 4.61. The summed E-state index contributed by atoms with van der Waals surface area (Å²) >= 11 is 1.31. The number of nitrogens with zero attached hydrogens (tertiary/aromatic N) is 1. The number of nitrogens with one attached hydrogen (secondary N) is 1. The van der Waals surface area contributed by atoms with Crippen molar-refractivity contribution in [2.24, 2.45) is 0 Å². The van der Waals surface area contributed by atoms with Crippen molar-refractivity contribution in [2.45, 2.75) is 13.5 Å². The van der Waals surface area contributed by atoms with E-state index in [1.807, 2.05) is 6.92 Å². The molecule has 0 bridgehead atoms. The van der Waals surface area contributed by atoms with Gasteiger partial charge in [0.2, 0.25) is 0 Å². The van der Waals surface area contributed by atoms with Crippen molar-refractivity contribution >= 4 is 17.1 Å². The van der Waals surface area contributed by atoms with Gasteiger partial charge in [0.1, 0.15) is 5.75 Å². The summed E-state index contributed by atoms with van der Waals surface area (Å²) in [6, 6.07) is 7.08. The number of Topliss-reactive ketones (excluding diaryl/α,β-unsaturated/α-hetero) is 1. The molecule has 2 aromatic rings. The molecule has 1 aromatic carbocycles. The third-order valence-electron chi connectivity index (χ3n) is 2.48. The molecule has 1 heterocycles. The molecule has 4 nitrogen and oxygen atoms in total. The Morgan fingerprint density at radius 1 is 1.37 bits per heavy atom. The maximum absolute atomic E-state index is 12.0. The molecule has 0 atom stereocenters. The fraction of sp³-hybridized carbons (Fsp3) is 0.231. The van der Waals surface area contributed by atoms with E-state index in [9.17, 15) is 4.79 Å². The van der Waals surface area contributed by atoms with Gasteiger partial charge in [0.25, 0.3) is 0 Å². The monoisotopic (exact) mass is 341 g/mol. The summed E-state index contributed by atoms with van der Waals surface area (Å²) in [6.07, 6.45) is 1.75. The van der Waals surface area contributed by atoms with Crippen LogP contribution in [0.2, 0.25) is 0 Å². The number of benzene rings is 1. The van der Waals surface area contributed by atoms with Gasteiger partial charge >= 0.3 is 0 Å². The number of hydrogen-bond donors (Lipinski definition) is 1. The molecule has 0 amide bonds. The number of thiazole rings is 1. The summed E-state index contributed by atoms with van der Waals surface area (Å²) < 4.78 is 6.95. The van der Waals surface area contributed by atoms with E-state index in [4.69, 9.17) is 10.1 Å². The first kappa shape index (κ1) is 15.7. The SMILES string of the molecule is CCOc1ccc(C(=O)Cn2ccsc2=N)cc1.[Br-]. The van der Waals surface area contributed by atoms with Crippen LogP contribution in [-0.4, -0.2) is 17.0 Å². The van der Waals surface area contributed by atoms with E-state index in [0.717, 1.165) is 5.75 Å². The minimum atomic E-state index is -0.00468. The fourth-order valence-corrected chi connectivity index (χ4v) is 2.18. The van der Waals surface area contributed by atoms with E-state index in [-0.39, 0.29) is 29.3 Å². The standard InChI is InChI=1S/C13H14N2O2S.BrH/c1-2-17-11-5-3-10(4-6-11)12(16)9-15-7-8-18-13(15)14;/h3-8,14H,2,9H2,1H3;1H/p-1. The number of hydrogen-bond acceptors (Lipinski definition) is 4. The van der Waals surface area contributed by atoms with Crippen LogP contribution in [-0.2, 0) is 6.54 Å². The van der Waals surface area contributed by atoms with Gasteiger partial charge in [-0.3, -0.25) is 10.2 Å². The average Bonchev–Trinajstić information content (AvgIpc) is 2.76. The average molecular weight is 342 g/mol. The molecule has 0 spiro atoms. The molecular weight excluding hydrogens is 328 g/mol. The first-order chi connectivity index (χ1) is 8.70. The van der Waals surface area contributed by atoms with E-state index < -0.39 is 0 Å². The predicted molar refractivity (Wildman–Crippen MR) is 70.1 cm³/mol. The van der Waals surface area contributed by atoms with Crippen LogP contribution in [0.3, 0.4) is 0 Å². The maximum atomic E-state index is 12.0. The summed E-state index contributed by atoms with van der Waals surface area (Å²) in [5, 5.41) is 9.40. The molecule has 0 unspecified atom stereocenters. The quantitative estimate of drug-likeness (QED) is 0.732. The third-order valence-corrected chi connectivity index (χ3v) is 3.20. The minimum Gasteiger partial charge on any atom is -1.00 e. The zero-order valence-corrected chi connectivity index (χ0v) is 12.8. The molecule has 2 rings (SSSR count). The van der Waals surface area contributed by atoms with E-state index >= 15 is 0 Å². The molecule has 19 heavy (non-hydrogen) atoms. The number of halogens is 1. The molecule has 0 radical (unpaired) electrons. The number of carbonyl (C=O) groups excluding carboxylic acids is 1. The number of aromatic nitrogens is 1. The maximum Gasteiger partial charge on any atom is 0.182 e. The van der Waals surface area contributed by atoms with Crippen molar-refractivity contribution in [1.29, 1.82) is 5.41 Å². The zero-order chi connectivity index (χ0) is 13.0. The molecule has 0 saturated carbocycles. The lowest BCUT2D eigenvalue weighted by Gasteiger charge is -2.05. The fourth-order valence-electron chi connectivity index (χ4n) is 1.58. The Labute approximate surface area is 125 Å². The van der Waals surface area contributed by atoms with Crippen molar-refractivity contribution < 1.29 is 26.5 Å². The van der Waals surface area contributed by atoms with E-state index in [0.29, 0.717) is 17.0 Å². The molecule has 1 aromatic heterocycles.